The number of hydrogen-bond donors (Lipinski definition) is 1. The standard InChI is InChI=1S/C19H19F3N4/c1-12(2)26-11-24-10-18(26)13-3-5-15(7-13)25-16-6-4-14(9-23)17(8-16)19(20,21)22/h3-4,6,8,10-12,15,25H,5,7H2,1-2H3. The fourth-order valence-electron chi connectivity index (χ4n) is 3.20. The summed E-state index contributed by atoms with van der Waals surface area (Å²) in [5.74, 6) is 0. The fourth-order valence-corrected chi connectivity index (χ4v) is 3.20. The van der Waals surface area contributed by atoms with E-state index in [4.69, 9.17) is 5.26 Å². The molecule has 2 aromatic rings. The van der Waals surface area contributed by atoms with Crippen molar-refractivity contribution in [2.24, 2.45) is 0 Å². The maximum Gasteiger partial charge on any atom is 0.417 e. The number of nitrogens with one attached hydrogen (secondary N) is 1. The van der Waals surface area contributed by atoms with Gasteiger partial charge in [-0.15, -0.1) is 0 Å². The summed E-state index contributed by atoms with van der Waals surface area (Å²) in [4.78, 5) is 4.20. The van der Waals surface area contributed by atoms with Gasteiger partial charge >= 0.3 is 6.18 Å². The van der Waals surface area contributed by atoms with Gasteiger partial charge in [0.05, 0.1) is 35.4 Å². The molecule has 1 N–H and O–H groups in total. The summed E-state index contributed by atoms with van der Waals surface area (Å²) < 4.78 is 41.4. The molecule has 26 heavy (non-hydrogen) atoms. The Labute approximate surface area is 150 Å². The molecule has 0 amide bonds. The number of nitriles is 1. The van der Waals surface area contributed by atoms with Crippen molar-refractivity contribution in [1.29, 1.82) is 5.26 Å². The zero-order valence-electron chi connectivity index (χ0n) is 14.5. The highest BCUT2D eigenvalue weighted by atomic mass is 19.4. The quantitative estimate of drug-likeness (QED) is 0.834. The summed E-state index contributed by atoms with van der Waals surface area (Å²) in [7, 11) is 0. The van der Waals surface area contributed by atoms with Crippen molar-refractivity contribution in [1.82, 2.24) is 9.55 Å². The summed E-state index contributed by atoms with van der Waals surface area (Å²) in [6.07, 6.45) is 2.59. The Morgan fingerprint density at radius 1 is 1.35 bits per heavy atom. The molecule has 1 aliphatic carbocycles. The topological polar surface area (TPSA) is 53.6 Å². The molecular weight excluding hydrogens is 341 g/mol. The third-order valence-corrected chi connectivity index (χ3v) is 4.48. The van der Waals surface area contributed by atoms with Crippen molar-refractivity contribution in [3.8, 4) is 6.07 Å². The number of aromatic nitrogens is 2. The van der Waals surface area contributed by atoms with E-state index in [1.54, 1.807) is 12.4 Å². The van der Waals surface area contributed by atoms with Gasteiger partial charge in [-0.3, -0.25) is 0 Å². The number of nitrogens with zero attached hydrogens (tertiary/aromatic N) is 3. The Kier molecular flexibility index (Phi) is 4.77. The van der Waals surface area contributed by atoms with E-state index >= 15 is 0 Å². The molecule has 0 fully saturated rings. The van der Waals surface area contributed by atoms with E-state index in [9.17, 15) is 13.2 Å². The largest absolute Gasteiger partial charge is 0.417 e. The van der Waals surface area contributed by atoms with Crippen molar-refractivity contribution in [3.05, 3.63) is 53.6 Å². The van der Waals surface area contributed by atoms with Gasteiger partial charge in [0, 0.05) is 17.8 Å². The number of anilines is 1. The highest BCUT2D eigenvalue weighted by Gasteiger charge is 2.34. The molecule has 0 saturated carbocycles. The van der Waals surface area contributed by atoms with E-state index in [0.29, 0.717) is 12.1 Å². The summed E-state index contributed by atoms with van der Waals surface area (Å²) in [6, 6.07) is 5.63. The minimum absolute atomic E-state index is 0.00883. The van der Waals surface area contributed by atoms with Gasteiger partial charge in [0.25, 0.3) is 0 Å². The molecule has 1 heterocycles. The predicted molar refractivity (Wildman–Crippen MR) is 93.4 cm³/mol. The van der Waals surface area contributed by atoms with E-state index in [0.717, 1.165) is 23.8 Å². The SMILES string of the molecule is CC(C)n1cncc1C1=CCC(Nc2ccc(C#N)c(C(F)(F)F)c2)C1. The van der Waals surface area contributed by atoms with Gasteiger partial charge in [-0.25, -0.2) is 4.98 Å². The first-order valence-corrected chi connectivity index (χ1v) is 8.38. The zero-order chi connectivity index (χ0) is 18.9. The molecule has 4 nitrogen and oxygen atoms in total. The molecule has 3 rings (SSSR count). The average molecular weight is 360 g/mol. The molecule has 1 unspecified atom stereocenters. The molecule has 1 aromatic heterocycles. The molecule has 7 heteroatoms. The zero-order valence-corrected chi connectivity index (χ0v) is 14.5. The third-order valence-electron chi connectivity index (χ3n) is 4.48. The number of alkyl halides is 3. The Bertz CT molecular complexity index is 872. The van der Waals surface area contributed by atoms with E-state index < -0.39 is 11.7 Å². The lowest BCUT2D eigenvalue weighted by Crippen LogP contribution is -2.17. The lowest BCUT2D eigenvalue weighted by Gasteiger charge is -2.18. The Balaban J connectivity index is 1.74. The normalized spacial score (nSPS) is 17.3. The summed E-state index contributed by atoms with van der Waals surface area (Å²) in [5, 5.41) is 12.0. The number of hydrogen-bond acceptors (Lipinski definition) is 3. The van der Waals surface area contributed by atoms with Gasteiger partial charge in [0.2, 0.25) is 0 Å². The van der Waals surface area contributed by atoms with E-state index in [2.05, 4.69) is 34.8 Å². The predicted octanol–water partition coefficient (Wildman–Crippen LogP) is 5.01. The van der Waals surface area contributed by atoms with Crippen LogP contribution in [0.5, 0.6) is 0 Å². The number of rotatable bonds is 4. The van der Waals surface area contributed by atoms with Crippen molar-refractivity contribution in [2.75, 3.05) is 5.32 Å². The highest BCUT2D eigenvalue weighted by molar-refractivity contribution is 5.67. The van der Waals surface area contributed by atoms with E-state index in [1.165, 1.54) is 12.1 Å². The monoisotopic (exact) mass is 360 g/mol. The van der Waals surface area contributed by atoms with Gasteiger partial charge in [-0.2, -0.15) is 18.4 Å². The van der Waals surface area contributed by atoms with Gasteiger partial charge in [-0.05, 0) is 50.5 Å². The third kappa shape index (κ3) is 3.59. The molecule has 0 spiro atoms. The first kappa shape index (κ1) is 18.1. The van der Waals surface area contributed by atoms with Crippen molar-refractivity contribution < 1.29 is 13.2 Å². The van der Waals surface area contributed by atoms with Crippen LogP contribution in [0.2, 0.25) is 0 Å². The van der Waals surface area contributed by atoms with Crippen LogP contribution >= 0.6 is 0 Å². The molecule has 1 aromatic carbocycles. The summed E-state index contributed by atoms with van der Waals surface area (Å²) >= 11 is 0. The maximum absolute atomic E-state index is 13.1. The molecular formula is C19H19F3N4. The minimum Gasteiger partial charge on any atom is -0.382 e. The van der Waals surface area contributed by atoms with Gasteiger partial charge < -0.3 is 9.88 Å². The number of imidazole rings is 1. The molecule has 0 bridgehead atoms. The Morgan fingerprint density at radius 2 is 2.12 bits per heavy atom. The number of benzene rings is 1. The van der Waals surface area contributed by atoms with Gasteiger partial charge in [0.1, 0.15) is 0 Å². The molecule has 0 aliphatic heterocycles. The van der Waals surface area contributed by atoms with Gasteiger partial charge in [-0.1, -0.05) is 6.08 Å². The minimum atomic E-state index is -4.55. The smallest absolute Gasteiger partial charge is 0.382 e. The van der Waals surface area contributed by atoms with E-state index in [1.807, 2.05) is 6.20 Å². The second kappa shape index (κ2) is 6.87. The van der Waals surface area contributed by atoms with Gasteiger partial charge in [0.15, 0.2) is 0 Å². The van der Waals surface area contributed by atoms with Crippen LogP contribution in [-0.4, -0.2) is 15.6 Å². The lowest BCUT2D eigenvalue weighted by atomic mass is 10.1. The molecule has 1 atom stereocenters. The molecule has 0 saturated heterocycles. The van der Waals surface area contributed by atoms with Crippen LogP contribution < -0.4 is 5.32 Å². The second-order valence-electron chi connectivity index (χ2n) is 6.66. The highest BCUT2D eigenvalue weighted by Crippen LogP contribution is 2.35. The van der Waals surface area contributed by atoms with Crippen molar-refractivity contribution in [2.45, 2.75) is 44.9 Å². The number of halogens is 3. The average Bonchev–Trinajstić information content (AvgIpc) is 3.22. The molecule has 136 valence electrons. The van der Waals surface area contributed by atoms with Crippen LogP contribution in [0.4, 0.5) is 18.9 Å². The van der Waals surface area contributed by atoms with Crippen LogP contribution in [0.25, 0.3) is 5.57 Å². The summed E-state index contributed by atoms with van der Waals surface area (Å²) in [5.41, 5.74) is 1.27. The van der Waals surface area contributed by atoms with Crippen LogP contribution in [-0.2, 0) is 6.18 Å². The Hall–Kier alpha value is -2.75. The van der Waals surface area contributed by atoms with Crippen LogP contribution in [0, 0.1) is 11.3 Å². The van der Waals surface area contributed by atoms with Crippen LogP contribution in [0.3, 0.4) is 0 Å². The van der Waals surface area contributed by atoms with Crippen LogP contribution in [0.15, 0.2) is 36.8 Å². The fraction of sp³-hybridized carbons (Fsp3) is 0.368. The lowest BCUT2D eigenvalue weighted by molar-refractivity contribution is -0.137. The van der Waals surface area contributed by atoms with E-state index in [-0.39, 0.29) is 17.6 Å². The van der Waals surface area contributed by atoms with Crippen LogP contribution in [0.1, 0.15) is 49.6 Å². The molecule has 0 radical (unpaired) electrons. The van der Waals surface area contributed by atoms with Crippen molar-refractivity contribution >= 4 is 11.3 Å². The summed E-state index contributed by atoms with van der Waals surface area (Å²) in [6.45, 7) is 4.15. The second-order valence-corrected chi connectivity index (χ2v) is 6.66. The Morgan fingerprint density at radius 3 is 2.77 bits per heavy atom. The van der Waals surface area contributed by atoms with Crippen molar-refractivity contribution in [3.63, 3.8) is 0 Å². The molecule has 1 aliphatic rings. The first-order valence-electron chi connectivity index (χ1n) is 8.38. The maximum atomic E-state index is 13.1. The first-order chi connectivity index (χ1) is 12.3.